The van der Waals surface area contributed by atoms with Gasteiger partial charge < -0.3 is 5.11 Å². The maximum atomic E-state index is 12.3. The second-order valence-electron chi connectivity index (χ2n) is 4.69. The summed E-state index contributed by atoms with van der Waals surface area (Å²) < 4.78 is 31.3. The van der Waals surface area contributed by atoms with E-state index in [1.165, 1.54) is 12.1 Å². The van der Waals surface area contributed by atoms with Gasteiger partial charge in [-0.15, -0.1) is 0 Å². The molecule has 2 aromatic rings. The van der Waals surface area contributed by atoms with Crippen molar-refractivity contribution in [1.82, 2.24) is 15.0 Å². The highest BCUT2D eigenvalue weighted by Crippen LogP contribution is 2.26. The molecule has 21 heavy (non-hydrogen) atoms. The molecule has 0 saturated carbocycles. The monoisotopic (exact) mass is 333 g/mol. The van der Waals surface area contributed by atoms with E-state index in [0.717, 1.165) is 0 Å². The van der Waals surface area contributed by atoms with Crippen LogP contribution in [0, 0.1) is 5.92 Å². The average molecular weight is 334 g/mol. The molecule has 10 heteroatoms. The van der Waals surface area contributed by atoms with Gasteiger partial charge in [0.1, 0.15) is 10.9 Å². The van der Waals surface area contributed by atoms with Gasteiger partial charge in [0.2, 0.25) is 10.0 Å². The van der Waals surface area contributed by atoms with E-state index in [-0.39, 0.29) is 21.0 Å². The summed E-state index contributed by atoms with van der Waals surface area (Å²) in [6.07, 6.45) is 0. The van der Waals surface area contributed by atoms with Crippen molar-refractivity contribution < 1.29 is 22.9 Å². The Kier molecular flexibility index (Phi) is 4.17. The van der Waals surface area contributed by atoms with Gasteiger partial charge in [-0.25, -0.2) is 13.0 Å². The van der Waals surface area contributed by atoms with Crippen LogP contribution in [0.15, 0.2) is 21.7 Å². The predicted molar refractivity (Wildman–Crippen MR) is 73.4 cm³/mol. The topological polar surface area (TPSA) is 122 Å². The van der Waals surface area contributed by atoms with Crippen LogP contribution < -0.4 is 4.72 Å². The molecule has 0 unspecified atom stereocenters. The first kappa shape index (κ1) is 15.7. The number of carboxylic acids is 1. The predicted octanol–water partition coefficient (Wildman–Crippen LogP) is 1.26. The SMILES string of the molecule is CC(C)[C@@H](NS(=O)(=O)c1ccc(Cl)c2nonc12)C(=O)O. The number of aromatic nitrogens is 2. The van der Waals surface area contributed by atoms with E-state index in [1.54, 1.807) is 13.8 Å². The zero-order chi connectivity index (χ0) is 15.8. The molecule has 1 aromatic heterocycles. The molecule has 1 heterocycles. The standard InChI is InChI=1S/C11H12ClN3O5S/c1-5(2)8(11(16)17)15-21(18,19)7-4-3-6(12)9-10(7)14-20-13-9/h3-5,8,15H,1-2H3,(H,16,17)/t8-/m1/s1. The van der Waals surface area contributed by atoms with E-state index in [4.69, 9.17) is 16.7 Å². The number of fused-ring (bicyclic) bond motifs is 1. The van der Waals surface area contributed by atoms with Gasteiger partial charge in [0.15, 0.2) is 11.0 Å². The van der Waals surface area contributed by atoms with Crippen LogP contribution in [0.4, 0.5) is 0 Å². The van der Waals surface area contributed by atoms with Crippen LogP contribution in [0.25, 0.3) is 11.0 Å². The lowest BCUT2D eigenvalue weighted by atomic mass is 10.1. The quantitative estimate of drug-likeness (QED) is 0.844. The molecule has 0 radical (unpaired) electrons. The highest BCUT2D eigenvalue weighted by atomic mass is 35.5. The minimum absolute atomic E-state index is 0.0529. The highest BCUT2D eigenvalue weighted by Gasteiger charge is 2.30. The number of sulfonamides is 1. The third kappa shape index (κ3) is 2.99. The summed E-state index contributed by atoms with van der Waals surface area (Å²) in [6.45, 7) is 3.19. The molecular formula is C11H12ClN3O5S. The highest BCUT2D eigenvalue weighted by molar-refractivity contribution is 7.89. The first-order valence-electron chi connectivity index (χ1n) is 5.90. The number of nitrogens with one attached hydrogen (secondary N) is 1. The fraction of sp³-hybridized carbons (Fsp3) is 0.364. The number of nitrogens with zero attached hydrogens (tertiary/aromatic N) is 2. The van der Waals surface area contributed by atoms with Crippen LogP contribution in [0.1, 0.15) is 13.8 Å². The van der Waals surface area contributed by atoms with Crippen molar-refractivity contribution in [1.29, 1.82) is 0 Å². The molecule has 2 rings (SSSR count). The lowest BCUT2D eigenvalue weighted by Gasteiger charge is -2.17. The Morgan fingerprint density at radius 3 is 2.52 bits per heavy atom. The molecule has 0 amide bonds. The molecule has 0 fully saturated rings. The summed E-state index contributed by atoms with van der Waals surface area (Å²) in [4.78, 5) is 10.9. The summed E-state index contributed by atoms with van der Waals surface area (Å²) in [5.74, 6) is -1.70. The largest absolute Gasteiger partial charge is 0.480 e. The van der Waals surface area contributed by atoms with Crippen LogP contribution in [0.5, 0.6) is 0 Å². The number of carboxylic acid groups (broad SMARTS) is 1. The number of hydrogen-bond acceptors (Lipinski definition) is 6. The molecule has 8 nitrogen and oxygen atoms in total. The van der Waals surface area contributed by atoms with Crippen molar-refractivity contribution in [2.24, 2.45) is 5.92 Å². The molecular weight excluding hydrogens is 322 g/mol. The summed E-state index contributed by atoms with van der Waals surface area (Å²) in [7, 11) is -4.11. The van der Waals surface area contributed by atoms with Crippen molar-refractivity contribution in [2.75, 3.05) is 0 Å². The van der Waals surface area contributed by atoms with Crippen LogP contribution in [-0.4, -0.2) is 35.8 Å². The van der Waals surface area contributed by atoms with Crippen LogP contribution in [0.3, 0.4) is 0 Å². The summed E-state index contributed by atoms with van der Waals surface area (Å²) in [6, 6.07) is 1.28. The maximum absolute atomic E-state index is 12.3. The van der Waals surface area contributed by atoms with Crippen LogP contribution in [-0.2, 0) is 14.8 Å². The lowest BCUT2D eigenvalue weighted by molar-refractivity contribution is -0.140. The van der Waals surface area contributed by atoms with E-state index in [9.17, 15) is 13.2 Å². The van der Waals surface area contributed by atoms with E-state index < -0.39 is 28.0 Å². The van der Waals surface area contributed by atoms with E-state index in [2.05, 4.69) is 19.7 Å². The Balaban J connectivity index is 2.50. The normalized spacial score (nSPS) is 13.7. The van der Waals surface area contributed by atoms with Crippen molar-refractivity contribution in [3.63, 3.8) is 0 Å². The van der Waals surface area contributed by atoms with Crippen molar-refractivity contribution in [3.8, 4) is 0 Å². The number of benzene rings is 1. The summed E-state index contributed by atoms with van der Waals surface area (Å²) >= 11 is 5.86. The fourth-order valence-electron chi connectivity index (χ4n) is 1.73. The Bertz CT molecular complexity index is 786. The van der Waals surface area contributed by atoms with Gasteiger partial charge in [-0.1, -0.05) is 25.4 Å². The van der Waals surface area contributed by atoms with Gasteiger partial charge in [-0.3, -0.25) is 4.79 Å². The third-order valence-electron chi connectivity index (χ3n) is 2.83. The smallest absolute Gasteiger partial charge is 0.322 e. The molecule has 0 aliphatic carbocycles. The molecule has 2 N–H and O–H groups in total. The molecule has 0 saturated heterocycles. The molecule has 1 atom stereocenters. The first-order chi connectivity index (χ1) is 9.74. The molecule has 0 aliphatic heterocycles. The van der Waals surface area contributed by atoms with Crippen molar-refractivity contribution in [3.05, 3.63) is 17.2 Å². The lowest BCUT2D eigenvalue weighted by Crippen LogP contribution is -2.44. The zero-order valence-electron chi connectivity index (χ0n) is 11.1. The molecule has 0 spiro atoms. The zero-order valence-corrected chi connectivity index (χ0v) is 12.6. The fourth-order valence-corrected chi connectivity index (χ4v) is 3.39. The van der Waals surface area contributed by atoms with E-state index >= 15 is 0 Å². The van der Waals surface area contributed by atoms with Crippen molar-refractivity contribution in [2.45, 2.75) is 24.8 Å². The second-order valence-corrected chi connectivity index (χ2v) is 6.78. The number of aliphatic carboxylic acids is 1. The van der Waals surface area contributed by atoms with E-state index in [1.807, 2.05) is 0 Å². The van der Waals surface area contributed by atoms with Gasteiger partial charge in [-0.05, 0) is 28.4 Å². The molecule has 0 aliphatic rings. The van der Waals surface area contributed by atoms with Crippen LogP contribution >= 0.6 is 11.6 Å². The number of hydrogen-bond donors (Lipinski definition) is 2. The van der Waals surface area contributed by atoms with Gasteiger partial charge in [-0.2, -0.15) is 4.72 Å². The van der Waals surface area contributed by atoms with Gasteiger partial charge >= 0.3 is 5.97 Å². The van der Waals surface area contributed by atoms with Crippen LogP contribution in [0.2, 0.25) is 5.02 Å². The third-order valence-corrected chi connectivity index (χ3v) is 4.61. The molecule has 1 aromatic carbocycles. The molecule has 0 bridgehead atoms. The van der Waals surface area contributed by atoms with Gasteiger partial charge in [0, 0.05) is 0 Å². The summed E-state index contributed by atoms with van der Waals surface area (Å²) in [5, 5.41) is 16.3. The van der Waals surface area contributed by atoms with E-state index in [0.29, 0.717) is 0 Å². The molecule has 114 valence electrons. The van der Waals surface area contributed by atoms with Crippen molar-refractivity contribution >= 4 is 38.6 Å². The summed E-state index contributed by atoms with van der Waals surface area (Å²) in [5.41, 5.74) is 0.0406. The Hall–Kier alpha value is -1.71. The Labute approximate surface area is 125 Å². The average Bonchev–Trinajstić information content (AvgIpc) is 2.85. The van der Waals surface area contributed by atoms with Gasteiger partial charge in [0.05, 0.1) is 5.02 Å². The number of rotatable bonds is 5. The Morgan fingerprint density at radius 2 is 1.95 bits per heavy atom. The number of halogens is 1. The Morgan fingerprint density at radius 1 is 1.33 bits per heavy atom. The number of carbonyl (C=O) groups is 1. The maximum Gasteiger partial charge on any atom is 0.322 e. The second kappa shape index (κ2) is 5.58. The van der Waals surface area contributed by atoms with Gasteiger partial charge in [0.25, 0.3) is 0 Å². The minimum atomic E-state index is -4.11. The first-order valence-corrected chi connectivity index (χ1v) is 7.76. The minimum Gasteiger partial charge on any atom is -0.480 e.